The molecule has 164 valence electrons. The number of carbonyl (C=O) groups is 3. The predicted molar refractivity (Wildman–Crippen MR) is 112 cm³/mol. The van der Waals surface area contributed by atoms with E-state index in [9.17, 15) is 19.5 Å². The van der Waals surface area contributed by atoms with Gasteiger partial charge in [-0.1, -0.05) is 42.5 Å². The second-order valence-electron chi connectivity index (χ2n) is 7.44. The van der Waals surface area contributed by atoms with Crippen LogP contribution in [0, 0.1) is 11.8 Å². The Kier molecular flexibility index (Phi) is 10.1. The minimum atomic E-state index is -0.799. The van der Waals surface area contributed by atoms with Crippen molar-refractivity contribution < 1.29 is 29.0 Å². The minimum Gasteiger partial charge on any atom is -0.469 e. The number of aliphatic hydroxyl groups excluding tert-OH is 1. The van der Waals surface area contributed by atoms with Crippen LogP contribution in [0.4, 0.5) is 4.79 Å². The first-order valence-electron chi connectivity index (χ1n) is 10.4. The van der Waals surface area contributed by atoms with Crippen molar-refractivity contribution in [2.24, 2.45) is 11.8 Å². The van der Waals surface area contributed by atoms with Crippen LogP contribution in [0.5, 0.6) is 0 Å². The van der Waals surface area contributed by atoms with Crippen molar-refractivity contribution in [3.05, 3.63) is 48.0 Å². The van der Waals surface area contributed by atoms with E-state index in [4.69, 9.17) is 4.74 Å². The molecule has 0 aliphatic heterocycles. The molecule has 1 aromatic carbocycles. The van der Waals surface area contributed by atoms with Gasteiger partial charge in [-0.05, 0) is 31.2 Å². The van der Waals surface area contributed by atoms with E-state index < -0.39 is 18.1 Å². The first kappa shape index (κ1) is 23.6. The van der Waals surface area contributed by atoms with E-state index in [1.165, 1.54) is 7.11 Å². The van der Waals surface area contributed by atoms with E-state index in [2.05, 4.69) is 10.1 Å². The summed E-state index contributed by atoms with van der Waals surface area (Å²) >= 11 is 0. The summed E-state index contributed by atoms with van der Waals surface area (Å²) in [5.41, 5.74) is 1.12. The molecule has 0 radical (unpaired) electrons. The predicted octanol–water partition coefficient (Wildman–Crippen LogP) is 2.81. The highest BCUT2D eigenvalue weighted by molar-refractivity contribution is 5.84. The number of alkyl carbamates (subject to hydrolysis) is 1. The third kappa shape index (κ3) is 7.99. The third-order valence-corrected chi connectivity index (χ3v) is 5.30. The zero-order valence-electron chi connectivity index (χ0n) is 17.4. The van der Waals surface area contributed by atoms with Crippen molar-refractivity contribution in [2.75, 3.05) is 20.3 Å². The molecule has 0 heterocycles. The van der Waals surface area contributed by atoms with Gasteiger partial charge in [-0.25, -0.2) is 4.79 Å². The lowest BCUT2D eigenvalue weighted by Crippen LogP contribution is -2.32. The molecular formula is C23H31NO6. The number of amides is 1. The van der Waals surface area contributed by atoms with Crippen molar-refractivity contribution in [1.29, 1.82) is 0 Å². The van der Waals surface area contributed by atoms with Crippen molar-refractivity contribution in [1.82, 2.24) is 5.32 Å². The summed E-state index contributed by atoms with van der Waals surface area (Å²) < 4.78 is 9.85. The smallest absolute Gasteiger partial charge is 0.407 e. The molecule has 1 aliphatic carbocycles. The summed E-state index contributed by atoms with van der Waals surface area (Å²) in [5, 5.41) is 12.9. The second kappa shape index (κ2) is 12.8. The van der Waals surface area contributed by atoms with Gasteiger partial charge in [0.2, 0.25) is 0 Å². The molecule has 3 atom stereocenters. The van der Waals surface area contributed by atoms with Crippen LogP contribution in [0.25, 0.3) is 0 Å². The highest BCUT2D eigenvalue weighted by atomic mass is 16.5. The van der Waals surface area contributed by atoms with Crippen LogP contribution in [-0.2, 0) is 25.5 Å². The number of ketones is 1. The van der Waals surface area contributed by atoms with E-state index >= 15 is 0 Å². The summed E-state index contributed by atoms with van der Waals surface area (Å²) in [4.78, 5) is 35.2. The van der Waals surface area contributed by atoms with Gasteiger partial charge < -0.3 is 19.9 Å². The lowest BCUT2D eigenvalue weighted by molar-refractivity contribution is -0.140. The summed E-state index contributed by atoms with van der Waals surface area (Å²) in [6.45, 7) is 0.456. The average molecular weight is 418 g/mol. The Morgan fingerprint density at radius 1 is 1.23 bits per heavy atom. The lowest BCUT2D eigenvalue weighted by Gasteiger charge is -2.20. The molecule has 30 heavy (non-hydrogen) atoms. The molecular weight excluding hydrogens is 386 g/mol. The molecule has 0 saturated heterocycles. The molecule has 1 amide bonds. The maximum Gasteiger partial charge on any atom is 0.407 e. The Bertz CT molecular complexity index is 718. The molecule has 7 nitrogen and oxygen atoms in total. The number of hydrogen-bond donors (Lipinski definition) is 2. The minimum absolute atomic E-state index is 0.00489. The van der Waals surface area contributed by atoms with Crippen molar-refractivity contribution >= 4 is 17.8 Å². The average Bonchev–Trinajstić information content (AvgIpc) is 3.01. The number of rotatable bonds is 11. The largest absolute Gasteiger partial charge is 0.469 e. The fourth-order valence-electron chi connectivity index (χ4n) is 3.55. The Hall–Kier alpha value is -2.67. The van der Waals surface area contributed by atoms with E-state index in [0.717, 1.165) is 5.56 Å². The van der Waals surface area contributed by atoms with Crippen LogP contribution in [0.3, 0.4) is 0 Å². The number of hydrogen-bond acceptors (Lipinski definition) is 6. The van der Waals surface area contributed by atoms with Gasteiger partial charge in [-0.15, -0.1) is 0 Å². The summed E-state index contributed by atoms with van der Waals surface area (Å²) in [5.74, 6) is -1.03. The summed E-state index contributed by atoms with van der Waals surface area (Å²) in [6, 6.07) is 9.80. The van der Waals surface area contributed by atoms with Crippen LogP contribution >= 0.6 is 0 Å². The number of unbranched alkanes of at least 4 members (excludes halogenated alkanes) is 1. The van der Waals surface area contributed by atoms with Gasteiger partial charge in [0.15, 0.2) is 0 Å². The molecule has 0 unspecified atom stereocenters. The van der Waals surface area contributed by atoms with Crippen molar-refractivity contribution in [2.45, 2.75) is 44.6 Å². The van der Waals surface area contributed by atoms with Crippen LogP contribution in [0.15, 0.2) is 42.5 Å². The van der Waals surface area contributed by atoms with Gasteiger partial charge in [0.1, 0.15) is 5.78 Å². The molecule has 1 saturated carbocycles. The monoisotopic (exact) mass is 417 g/mol. The molecule has 0 spiro atoms. The van der Waals surface area contributed by atoms with E-state index in [0.29, 0.717) is 38.6 Å². The maximum atomic E-state index is 12.2. The lowest BCUT2D eigenvalue weighted by atomic mass is 9.91. The number of ether oxygens (including phenoxy) is 2. The van der Waals surface area contributed by atoms with Crippen LogP contribution in [0.1, 0.15) is 37.7 Å². The third-order valence-electron chi connectivity index (χ3n) is 5.30. The Morgan fingerprint density at radius 2 is 2.00 bits per heavy atom. The molecule has 1 fully saturated rings. The molecule has 1 aromatic rings. The number of Topliss-reactive ketones (excluding diaryl/α,β-unsaturated/α-hetero) is 1. The SMILES string of the molecule is COC(=O)CCCC=CC[C@H]1C(=O)C[C@@H](O)[C@@H]1COC(=O)NCCc1ccccc1. The quantitative estimate of drug-likeness (QED) is 0.326. The van der Waals surface area contributed by atoms with E-state index in [1.54, 1.807) is 0 Å². The number of benzene rings is 1. The van der Waals surface area contributed by atoms with Gasteiger partial charge in [0.05, 0.1) is 19.8 Å². The number of esters is 1. The highest BCUT2D eigenvalue weighted by Gasteiger charge is 2.41. The van der Waals surface area contributed by atoms with Gasteiger partial charge in [-0.3, -0.25) is 9.59 Å². The van der Waals surface area contributed by atoms with E-state index in [-0.39, 0.29) is 30.7 Å². The maximum absolute atomic E-state index is 12.2. The van der Waals surface area contributed by atoms with Crippen molar-refractivity contribution in [3.8, 4) is 0 Å². The Balaban J connectivity index is 1.70. The normalized spacial score (nSPS) is 21.0. The fraction of sp³-hybridized carbons (Fsp3) is 0.522. The first-order chi connectivity index (χ1) is 14.5. The van der Waals surface area contributed by atoms with Gasteiger partial charge in [0.25, 0.3) is 0 Å². The van der Waals surface area contributed by atoms with Crippen LogP contribution < -0.4 is 5.32 Å². The Labute approximate surface area is 177 Å². The zero-order chi connectivity index (χ0) is 21.8. The molecule has 2 N–H and O–H groups in total. The molecule has 7 heteroatoms. The number of carbonyl (C=O) groups excluding carboxylic acids is 3. The zero-order valence-corrected chi connectivity index (χ0v) is 17.4. The van der Waals surface area contributed by atoms with Gasteiger partial charge in [-0.2, -0.15) is 0 Å². The Morgan fingerprint density at radius 3 is 2.73 bits per heavy atom. The van der Waals surface area contributed by atoms with Gasteiger partial charge in [0, 0.05) is 31.2 Å². The summed E-state index contributed by atoms with van der Waals surface area (Å²) in [6.07, 6.45) is 5.50. The molecule has 0 bridgehead atoms. The number of allylic oxidation sites excluding steroid dienone is 2. The molecule has 0 aromatic heterocycles. The van der Waals surface area contributed by atoms with Crippen LogP contribution in [-0.4, -0.2) is 49.3 Å². The topological polar surface area (TPSA) is 102 Å². The van der Waals surface area contributed by atoms with Crippen molar-refractivity contribution in [3.63, 3.8) is 0 Å². The van der Waals surface area contributed by atoms with Gasteiger partial charge >= 0.3 is 12.1 Å². The van der Waals surface area contributed by atoms with Crippen LogP contribution in [0.2, 0.25) is 0 Å². The standard InChI is InChI=1S/C23H31NO6/c1-29-22(27)12-8-3-2-7-11-18-19(21(26)15-20(18)25)16-30-23(28)24-14-13-17-9-5-4-6-10-17/h2,4-7,9-10,18-19,21,26H,3,8,11-16H2,1H3,(H,24,28)/t18-,19-,21-/m1/s1. The summed E-state index contributed by atoms with van der Waals surface area (Å²) in [7, 11) is 1.36. The molecule has 2 rings (SSSR count). The first-order valence-corrected chi connectivity index (χ1v) is 10.4. The fourth-order valence-corrected chi connectivity index (χ4v) is 3.55. The highest BCUT2D eigenvalue weighted by Crippen LogP contribution is 2.32. The number of methoxy groups -OCH3 is 1. The second-order valence-corrected chi connectivity index (χ2v) is 7.44. The molecule has 1 aliphatic rings. The number of nitrogens with one attached hydrogen (secondary N) is 1. The van der Waals surface area contributed by atoms with E-state index in [1.807, 2.05) is 42.5 Å². The number of aliphatic hydroxyl groups is 1.